The Hall–Kier alpha value is -2.99. The predicted molar refractivity (Wildman–Crippen MR) is 114 cm³/mol. The maximum atomic E-state index is 6.09. The molecule has 6 heteroatoms. The summed E-state index contributed by atoms with van der Waals surface area (Å²) < 4.78 is 2.08. The molecule has 1 aliphatic carbocycles. The van der Waals surface area contributed by atoms with Gasteiger partial charge in [0.2, 0.25) is 0 Å². The van der Waals surface area contributed by atoms with Gasteiger partial charge in [0.05, 0.1) is 27.6 Å². The number of nitrogen functional groups attached to an aromatic ring is 1. The van der Waals surface area contributed by atoms with Crippen LogP contribution >= 0.6 is 11.3 Å². The molecular formula is C22H21N5S. The van der Waals surface area contributed by atoms with Crippen molar-refractivity contribution in [3.8, 4) is 27.5 Å². The Morgan fingerprint density at radius 1 is 1.07 bits per heavy atom. The maximum Gasteiger partial charge on any atom is 0.180 e. The number of rotatable bonds is 2. The lowest BCUT2D eigenvalue weighted by atomic mass is 10.0. The van der Waals surface area contributed by atoms with Gasteiger partial charge in [0.25, 0.3) is 0 Å². The van der Waals surface area contributed by atoms with E-state index in [4.69, 9.17) is 10.8 Å². The number of fused-ring (bicyclic) bond motifs is 3. The van der Waals surface area contributed by atoms with Crippen LogP contribution in [0.25, 0.3) is 27.5 Å². The first kappa shape index (κ1) is 17.1. The summed E-state index contributed by atoms with van der Waals surface area (Å²) in [5.41, 5.74) is 14.9. The zero-order valence-electron chi connectivity index (χ0n) is 15.9. The molecule has 0 unspecified atom stereocenters. The third kappa shape index (κ3) is 2.72. The topological polar surface area (TPSA) is 69.6 Å². The van der Waals surface area contributed by atoms with E-state index in [2.05, 4.69) is 51.9 Å². The number of benzene rings is 1. The van der Waals surface area contributed by atoms with Gasteiger partial charge in [-0.15, -0.1) is 0 Å². The van der Waals surface area contributed by atoms with Gasteiger partial charge in [-0.3, -0.25) is 4.98 Å². The molecule has 0 atom stereocenters. The third-order valence-electron chi connectivity index (χ3n) is 5.28. The molecule has 4 aromatic rings. The Morgan fingerprint density at radius 3 is 2.71 bits per heavy atom. The van der Waals surface area contributed by atoms with Crippen molar-refractivity contribution in [3.05, 3.63) is 65.1 Å². The number of aromatic nitrogens is 4. The quantitative estimate of drug-likeness (QED) is 0.539. The molecule has 0 amide bonds. The van der Waals surface area contributed by atoms with Crippen molar-refractivity contribution in [1.82, 2.24) is 19.7 Å². The van der Waals surface area contributed by atoms with Crippen LogP contribution < -0.4 is 5.73 Å². The van der Waals surface area contributed by atoms with Crippen molar-refractivity contribution in [3.63, 3.8) is 0 Å². The van der Waals surface area contributed by atoms with Crippen molar-refractivity contribution in [2.75, 3.05) is 5.73 Å². The van der Waals surface area contributed by atoms with Gasteiger partial charge >= 0.3 is 0 Å². The summed E-state index contributed by atoms with van der Waals surface area (Å²) in [7, 11) is 0. The van der Waals surface area contributed by atoms with Crippen molar-refractivity contribution < 1.29 is 0 Å². The number of thiazole rings is 1. The van der Waals surface area contributed by atoms with E-state index in [1.54, 1.807) is 11.3 Å². The first-order chi connectivity index (χ1) is 13.6. The molecule has 0 fully saturated rings. The zero-order chi connectivity index (χ0) is 19.3. The van der Waals surface area contributed by atoms with Crippen LogP contribution in [0.15, 0.2) is 42.6 Å². The molecular weight excluding hydrogens is 366 g/mol. The van der Waals surface area contributed by atoms with E-state index in [9.17, 15) is 0 Å². The maximum absolute atomic E-state index is 6.09. The van der Waals surface area contributed by atoms with E-state index in [1.807, 2.05) is 19.2 Å². The number of pyridine rings is 1. The summed E-state index contributed by atoms with van der Waals surface area (Å²) in [5, 5.41) is 5.71. The van der Waals surface area contributed by atoms with Crippen molar-refractivity contribution >= 4 is 16.5 Å². The Morgan fingerprint density at radius 2 is 1.93 bits per heavy atom. The average molecular weight is 388 g/mol. The number of hydrogen-bond acceptors (Lipinski definition) is 5. The first-order valence-corrected chi connectivity index (χ1v) is 10.3. The summed E-state index contributed by atoms with van der Waals surface area (Å²) in [5.74, 6) is 0. The molecule has 140 valence electrons. The van der Waals surface area contributed by atoms with Crippen LogP contribution in [0, 0.1) is 13.8 Å². The second kappa shape index (κ2) is 6.56. The van der Waals surface area contributed by atoms with E-state index in [-0.39, 0.29) is 0 Å². The standard InChI is InChI=1S/C22H21N5S/c1-13-6-3-4-9-18(13)27-20-16(7-5-8-17-21(20)28-22(23)25-17)19(26-27)15-11-10-14(2)24-12-15/h3-4,6,9-12H,5,7-8H2,1-2H3,(H2,23,25). The number of nitrogens with two attached hydrogens (primary N) is 1. The van der Waals surface area contributed by atoms with Crippen molar-refractivity contribution in [2.45, 2.75) is 33.1 Å². The fraction of sp³-hybridized carbons (Fsp3) is 0.227. The molecule has 0 aliphatic heterocycles. The Kier molecular flexibility index (Phi) is 4.02. The van der Waals surface area contributed by atoms with Crippen LogP contribution in [-0.2, 0) is 12.8 Å². The molecule has 0 saturated heterocycles. The van der Waals surface area contributed by atoms with E-state index in [1.165, 1.54) is 11.1 Å². The molecule has 0 bridgehead atoms. The highest BCUT2D eigenvalue weighted by Gasteiger charge is 2.28. The number of nitrogens with zero attached hydrogens (tertiary/aromatic N) is 4. The van der Waals surface area contributed by atoms with Crippen LogP contribution in [0.2, 0.25) is 0 Å². The van der Waals surface area contributed by atoms with Crippen LogP contribution in [0.5, 0.6) is 0 Å². The first-order valence-electron chi connectivity index (χ1n) is 9.48. The third-order valence-corrected chi connectivity index (χ3v) is 6.21. The fourth-order valence-electron chi connectivity index (χ4n) is 3.89. The lowest BCUT2D eigenvalue weighted by Gasteiger charge is -2.10. The van der Waals surface area contributed by atoms with Gasteiger partial charge in [-0.1, -0.05) is 29.5 Å². The normalized spacial score (nSPS) is 13.1. The molecule has 1 aromatic carbocycles. The zero-order valence-corrected chi connectivity index (χ0v) is 16.8. The molecule has 5 nitrogen and oxygen atoms in total. The second-order valence-corrected chi connectivity index (χ2v) is 8.27. The number of hydrogen-bond donors (Lipinski definition) is 1. The number of para-hydroxylation sites is 1. The highest BCUT2D eigenvalue weighted by atomic mass is 32.1. The van der Waals surface area contributed by atoms with Gasteiger partial charge in [0, 0.05) is 23.0 Å². The van der Waals surface area contributed by atoms with Gasteiger partial charge in [-0.25, -0.2) is 9.67 Å². The molecule has 0 spiro atoms. The Bertz CT molecular complexity index is 1170. The lowest BCUT2D eigenvalue weighted by Crippen LogP contribution is -2.02. The van der Waals surface area contributed by atoms with E-state index in [0.29, 0.717) is 5.13 Å². The lowest BCUT2D eigenvalue weighted by molar-refractivity contribution is 0.818. The predicted octanol–water partition coefficient (Wildman–Crippen LogP) is 4.75. The van der Waals surface area contributed by atoms with Crippen molar-refractivity contribution in [1.29, 1.82) is 0 Å². The van der Waals surface area contributed by atoms with Gasteiger partial charge in [-0.05, 0) is 56.9 Å². The molecule has 2 N–H and O–H groups in total. The fourth-order valence-corrected chi connectivity index (χ4v) is 4.83. The Balaban J connectivity index is 1.83. The SMILES string of the molecule is Cc1ccc(-c2nn(-c3ccccc3C)c3c2CCCc2nc(N)sc2-3)cn1. The molecule has 1 aliphatic rings. The number of anilines is 1. The minimum absolute atomic E-state index is 0.619. The summed E-state index contributed by atoms with van der Waals surface area (Å²) in [6.45, 7) is 4.12. The van der Waals surface area contributed by atoms with E-state index >= 15 is 0 Å². The molecule has 28 heavy (non-hydrogen) atoms. The van der Waals surface area contributed by atoms with Gasteiger partial charge in [-0.2, -0.15) is 5.10 Å². The van der Waals surface area contributed by atoms with Gasteiger partial charge in [0.1, 0.15) is 0 Å². The van der Waals surface area contributed by atoms with Crippen LogP contribution in [0.1, 0.15) is 28.9 Å². The number of aryl methyl sites for hydroxylation is 3. The van der Waals surface area contributed by atoms with E-state index in [0.717, 1.165) is 58.2 Å². The highest BCUT2D eigenvalue weighted by molar-refractivity contribution is 7.18. The van der Waals surface area contributed by atoms with Crippen molar-refractivity contribution in [2.24, 2.45) is 0 Å². The Labute approximate surface area is 167 Å². The summed E-state index contributed by atoms with van der Waals surface area (Å²) in [6, 6.07) is 12.5. The van der Waals surface area contributed by atoms with Gasteiger partial charge < -0.3 is 5.73 Å². The summed E-state index contributed by atoms with van der Waals surface area (Å²) in [6.07, 6.45) is 4.87. The highest BCUT2D eigenvalue weighted by Crippen LogP contribution is 2.42. The average Bonchev–Trinajstić information content (AvgIpc) is 3.18. The van der Waals surface area contributed by atoms with E-state index < -0.39 is 0 Å². The molecule has 0 radical (unpaired) electrons. The van der Waals surface area contributed by atoms with Crippen LogP contribution in [0.3, 0.4) is 0 Å². The molecule has 5 rings (SSSR count). The van der Waals surface area contributed by atoms with Gasteiger partial charge in [0.15, 0.2) is 5.13 Å². The minimum atomic E-state index is 0.619. The second-order valence-electron chi connectivity index (χ2n) is 7.24. The van der Waals surface area contributed by atoms with Crippen LogP contribution in [-0.4, -0.2) is 19.7 Å². The molecule has 3 heterocycles. The van der Waals surface area contributed by atoms with Crippen LogP contribution in [0.4, 0.5) is 5.13 Å². The molecule has 3 aromatic heterocycles. The summed E-state index contributed by atoms with van der Waals surface area (Å²) in [4.78, 5) is 10.2. The monoisotopic (exact) mass is 387 g/mol. The summed E-state index contributed by atoms with van der Waals surface area (Å²) >= 11 is 1.56. The smallest absolute Gasteiger partial charge is 0.180 e. The largest absolute Gasteiger partial charge is 0.375 e. The molecule has 0 saturated carbocycles. The minimum Gasteiger partial charge on any atom is -0.375 e.